The summed E-state index contributed by atoms with van der Waals surface area (Å²) in [6.07, 6.45) is 0.697. The predicted octanol–water partition coefficient (Wildman–Crippen LogP) is 4.08. The van der Waals surface area contributed by atoms with Crippen LogP contribution in [0.15, 0.2) is 54.6 Å². The highest BCUT2D eigenvalue weighted by Crippen LogP contribution is 2.32. The average Bonchev–Trinajstić information content (AvgIpc) is 3.21. The first-order valence-corrected chi connectivity index (χ1v) is 10.9. The zero-order valence-corrected chi connectivity index (χ0v) is 16.8. The Balaban J connectivity index is 1.71. The third-order valence-electron chi connectivity index (χ3n) is 5.12. The molecule has 0 aliphatic carbocycles. The lowest BCUT2D eigenvalue weighted by molar-refractivity contribution is -0.117. The number of carbonyl (C=O) groups excluding carboxylic acids is 1. The molecule has 0 radical (unpaired) electrons. The molecule has 0 bridgehead atoms. The van der Waals surface area contributed by atoms with E-state index in [9.17, 15) is 9.00 Å². The van der Waals surface area contributed by atoms with Crippen LogP contribution in [0.4, 0.5) is 5.82 Å². The minimum atomic E-state index is -0.957. The molecule has 0 saturated carbocycles. The van der Waals surface area contributed by atoms with Gasteiger partial charge in [0.15, 0.2) is 0 Å². The number of hydrogen-bond donors (Lipinski definition) is 1. The van der Waals surface area contributed by atoms with E-state index in [0.29, 0.717) is 23.7 Å². The molecule has 1 aromatic heterocycles. The molecular weight excluding hydrogens is 370 g/mol. The number of fused-ring (bicyclic) bond motifs is 1. The molecular formula is C22H23N3O2S. The van der Waals surface area contributed by atoms with Gasteiger partial charge in [-0.05, 0) is 31.0 Å². The molecule has 3 aromatic rings. The van der Waals surface area contributed by atoms with Crippen molar-refractivity contribution < 1.29 is 9.00 Å². The maximum atomic E-state index is 13.1. The molecule has 1 aliphatic heterocycles. The van der Waals surface area contributed by atoms with Gasteiger partial charge < -0.3 is 5.32 Å². The highest BCUT2D eigenvalue weighted by atomic mass is 32.2. The quantitative estimate of drug-likeness (QED) is 0.710. The molecule has 2 atom stereocenters. The number of aromatic nitrogens is 2. The summed E-state index contributed by atoms with van der Waals surface area (Å²) >= 11 is 0. The van der Waals surface area contributed by atoms with Gasteiger partial charge in [-0.3, -0.25) is 9.00 Å². The molecule has 0 saturated heterocycles. The van der Waals surface area contributed by atoms with Gasteiger partial charge in [-0.15, -0.1) is 0 Å². The number of anilines is 1. The second kappa shape index (κ2) is 7.72. The lowest BCUT2D eigenvalue weighted by Crippen LogP contribution is -2.23. The van der Waals surface area contributed by atoms with Crippen molar-refractivity contribution in [3.05, 3.63) is 77.0 Å². The van der Waals surface area contributed by atoms with Crippen LogP contribution >= 0.6 is 0 Å². The van der Waals surface area contributed by atoms with E-state index in [1.807, 2.05) is 68.4 Å². The zero-order chi connectivity index (χ0) is 19.7. The zero-order valence-electron chi connectivity index (χ0n) is 16.0. The highest BCUT2D eigenvalue weighted by Gasteiger charge is 2.29. The lowest BCUT2D eigenvalue weighted by atomic mass is 9.95. The van der Waals surface area contributed by atoms with Crippen LogP contribution in [0.5, 0.6) is 0 Å². The Morgan fingerprint density at radius 3 is 2.54 bits per heavy atom. The van der Waals surface area contributed by atoms with E-state index in [1.54, 1.807) is 4.68 Å². The van der Waals surface area contributed by atoms with Gasteiger partial charge in [0.1, 0.15) is 5.82 Å². The molecule has 5 nitrogen and oxygen atoms in total. The molecule has 2 aromatic carbocycles. The number of amides is 1. The predicted molar refractivity (Wildman–Crippen MR) is 112 cm³/mol. The Hall–Kier alpha value is -2.73. The van der Waals surface area contributed by atoms with E-state index < -0.39 is 10.8 Å². The number of rotatable bonds is 5. The summed E-state index contributed by atoms with van der Waals surface area (Å²) in [5, 5.41) is 7.76. The van der Waals surface area contributed by atoms with Crippen molar-refractivity contribution >= 4 is 22.5 Å². The summed E-state index contributed by atoms with van der Waals surface area (Å²) in [7, 11) is -0.957. The van der Waals surface area contributed by atoms with Crippen LogP contribution in [0.25, 0.3) is 5.69 Å². The number of hydrogen-bond acceptors (Lipinski definition) is 3. The Morgan fingerprint density at radius 1 is 1.14 bits per heavy atom. The van der Waals surface area contributed by atoms with E-state index in [0.717, 1.165) is 28.1 Å². The molecule has 2 heterocycles. The molecule has 1 aliphatic rings. The summed E-state index contributed by atoms with van der Waals surface area (Å²) in [6.45, 7) is 4.04. The van der Waals surface area contributed by atoms with Crippen LogP contribution < -0.4 is 5.32 Å². The second-order valence-electron chi connectivity index (χ2n) is 7.11. The number of nitrogens with zero attached hydrogens (tertiary/aromatic N) is 2. The van der Waals surface area contributed by atoms with Gasteiger partial charge in [-0.25, -0.2) is 4.68 Å². The summed E-state index contributed by atoms with van der Waals surface area (Å²) in [6, 6.07) is 17.8. The molecule has 0 spiro atoms. The van der Waals surface area contributed by atoms with Crippen molar-refractivity contribution in [3.8, 4) is 5.69 Å². The Kier molecular flexibility index (Phi) is 5.13. The molecule has 1 N–H and O–H groups in total. The minimum Gasteiger partial charge on any atom is -0.310 e. The van der Waals surface area contributed by atoms with Crippen LogP contribution in [0, 0.1) is 6.92 Å². The van der Waals surface area contributed by atoms with E-state index >= 15 is 0 Å². The monoisotopic (exact) mass is 393 g/mol. The smallest absolute Gasteiger partial charge is 0.233 e. The van der Waals surface area contributed by atoms with Crippen molar-refractivity contribution in [2.24, 2.45) is 0 Å². The third-order valence-corrected chi connectivity index (χ3v) is 6.32. The number of carbonyl (C=O) groups is 1. The number of aryl methyl sites for hydroxylation is 1. The van der Waals surface area contributed by atoms with Gasteiger partial charge in [0, 0.05) is 16.4 Å². The van der Waals surface area contributed by atoms with Gasteiger partial charge in [-0.2, -0.15) is 5.10 Å². The molecule has 144 valence electrons. The van der Waals surface area contributed by atoms with Gasteiger partial charge in [0.05, 0.1) is 28.8 Å². The Bertz CT molecular complexity index is 1030. The number of benzene rings is 2. The maximum absolute atomic E-state index is 13.1. The first kappa shape index (κ1) is 18.6. The van der Waals surface area contributed by atoms with E-state index in [1.165, 1.54) is 0 Å². The minimum absolute atomic E-state index is 0.0672. The van der Waals surface area contributed by atoms with Crippen LogP contribution in [-0.4, -0.2) is 19.9 Å². The molecule has 4 rings (SSSR count). The van der Waals surface area contributed by atoms with Crippen LogP contribution in [-0.2, 0) is 27.1 Å². The third kappa shape index (κ3) is 3.52. The van der Waals surface area contributed by atoms with Crippen LogP contribution in [0.3, 0.4) is 0 Å². The van der Waals surface area contributed by atoms with Gasteiger partial charge in [0.2, 0.25) is 5.91 Å². The fraction of sp³-hybridized carbons (Fsp3) is 0.273. The summed E-state index contributed by atoms with van der Waals surface area (Å²) in [5.74, 6) is 1.20. The fourth-order valence-electron chi connectivity index (χ4n) is 3.59. The SMILES string of the molecule is CC[C@H](C(=O)Nc1c2c(nn1-c1ccc(C)cc1)C[S@](=O)C2)c1ccccc1. The topological polar surface area (TPSA) is 64.0 Å². The van der Waals surface area contributed by atoms with E-state index in [4.69, 9.17) is 0 Å². The van der Waals surface area contributed by atoms with Crippen LogP contribution in [0.1, 0.15) is 41.6 Å². The van der Waals surface area contributed by atoms with Crippen molar-refractivity contribution in [3.63, 3.8) is 0 Å². The molecule has 0 unspecified atom stereocenters. The largest absolute Gasteiger partial charge is 0.310 e. The van der Waals surface area contributed by atoms with Crippen molar-refractivity contribution in [2.45, 2.75) is 37.7 Å². The molecule has 6 heteroatoms. The van der Waals surface area contributed by atoms with Crippen molar-refractivity contribution in [1.82, 2.24) is 9.78 Å². The normalized spacial score (nSPS) is 16.6. The first-order chi connectivity index (χ1) is 13.6. The first-order valence-electron chi connectivity index (χ1n) is 9.45. The number of nitrogens with one attached hydrogen (secondary N) is 1. The summed E-state index contributed by atoms with van der Waals surface area (Å²) < 4.78 is 13.8. The average molecular weight is 394 g/mol. The van der Waals surface area contributed by atoms with E-state index in [2.05, 4.69) is 10.4 Å². The Labute approximate surface area is 167 Å². The fourth-order valence-corrected chi connectivity index (χ4v) is 4.85. The second-order valence-corrected chi connectivity index (χ2v) is 8.57. The highest BCUT2D eigenvalue weighted by molar-refractivity contribution is 7.83. The van der Waals surface area contributed by atoms with Gasteiger partial charge in [-0.1, -0.05) is 55.0 Å². The molecule has 28 heavy (non-hydrogen) atoms. The Morgan fingerprint density at radius 2 is 1.86 bits per heavy atom. The van der Waals surface area contributed by atoms with Gasteiger partial charge in [0.25, 0.3) is 0 Å². The summed E-state index contributed by atoms with van der Waals surface area (Å²) in [5.41, 5.74) is 4.72. The van der Waals surface area contributed by atoms with E-state index in [-0.39, 0.29) is 11.8 Å². The standard InChI is InChI=1S/C22H23N3O2S/c1-3-18(16-7-5-4-6-8-16)22(26)23-21-19-13-28(27)14-20(19)24-25(21)17-11-9-15(2)10-12-17/h4-12,18H,3,13-14H2,1-2H3,(H,23,26)/t18-,28+/m0/s1. The lowest BCUT2D eigenvalue weighted by Gasteiger charge is -2.17. The molecule has 0 fully saturated rings. The van der Waals surface area contributed by atoms with Crippen molar-refractivity contribution in [1.29, 1.82) is 0 Å². The van der Waals surface area contributed by atoms with Crippen LogP contribution in [0.2, 0.25) is 0 Å². The summed E-state index contributed by atoms with van der Waals surface area (Å²) in [4.78, 5) is 13.1. The van der Waals surface area contributed by atoms with Gasteiger partial charge >= 0.3 is 0 Å². The maximum Gasteiger partial charge on any atom is 0.233 e. The molecule has 1 amide bonds. The van der Waals surface area contributed by atoms with Crippen molar-refractivity contribution in [2.75, 3.05) is 5.32 Å².